The van der Waals surface area contributed by atoms with Gasteiger partial charge in [0.1, 0.15) is 5.69 Å². The molecule has 0 bridgehead atoms. The van der Waals surface area contributed by atoms with Gasteiger partial charge in [0.2, 0.25) is 0 Å². The average Bonchev–Trinajstić information content (AvgIpc) is 3.31. The molecule has 26 heavy (non-hydrogen) atoms. The molecule has 8 heteroatoms. The van der Waals surface area contributed by atoms with E-state index >= 15 is 0 Å². The number of carbonyl (C=O) groups excluding carboxylic acids is 1. The van der Waals surface area contributed by atoms with Gasteiger partial charge in [0.15, 0.2) is 5.65 Å². The van der Waals surface area contributed by atoms with Crippen molar-refractivity contribution < 1.29 is 4.79 Å². The minimum atomic E-state index is -0.0931. The van der Waals surface area contributed by atoms with Gasteiger partial charge < -0.3 is 4.90 Å². The molecule has 0 spiro atoms. The van der Waals surface area contributed by atoms with Crippen molar-refractivity contribution in [3.63, 3.8) is 0 Å². The standard InChI is InChI=1S/C18H21N5O2S/c1-3-12-11(2)20-16-8-13(21-23(16)17(12)24)15-6-4-5-7-22(15)18(25)14-9-26-10-19-14/h8-10,15,21H,3-7H2,1-2H3/t15-/m0/s1. The molecule has 1 saturated heterocycles. The maximum atomic E-state index is 12.9. The molecule has 1 atom stereocenters. The summed E-state index contributed by atoms with van der Waals surface area (Å²) in [6.07, 6.45) is 3.52. The monoisotopic (exact) mass is 371 g/mol. The smallest absolute Gasteiger partial charge is 0.276 e. The number of hydrogen-bond acceptors (Lipinski definition) is 5. The van der Waals surface area contributed by atoms with Crippen molar-refractivity contribution in [2.24, 2.45) is 0 Å². The molecule has 1 N–H and O–H groups in total. The Labute approximate surface area is 154 Å². The number of H-pyrrole nitrogens is 1. The molecule has 0 radical (unpaired) electrons. The highest BCUT2D eigenvalue weighted by Gasteiger charge is 2.31. The largest absolute Gasteiger partial charge is 0.329 e. The number of aromatic nitrogens is 4. The van der Waals surface area contributed by atoms with E-state index in [2.05, 4.69) is 15.1 Å². The lowest BCUT2D eigenvalue weighted by Crippen LogP contribution is -2.39. The average molecular weight is 371 g/mol. The second-order valence-corrected chi connectivity index (χ2v) is 7.34. The van der Waals surface area contributed by atoms with E-state index < -0.39 is 0 Å². The molecule has 4 rings (SSSR count). The van der Waals surface area contributed by atoms with E-state index in [0.29, 0.717) is 24.3 Å². The first-order valence-electron chi connectivity index (χ1n) is 8.90. The van der Waals surface area contributed by atoms with Crippen LogP contribution in [0.2, 0.25) is 0 Å². The molecule has 136 valence electrons. The fourth-order valence-electron chi connectivity index (χ4n) is 3.73. The van der Waals surface area contributed by atoms with Crippen LogP contribution in [0.5, 0.6) is 0 Å². The van der Waals surface area contributed by atoms with Gasteiger partial charge in [-0.05, 0) is 32.6 Å². The van der Waals surface area contributed by atoms with E-state index in [9.17, 15) is 9.59 Å². The third-order valence-electron chi connectivity index (χ3n) is 5.06. The maximum absolute atomic E-state index is 12.9. The molecule has 3 aromatic heterocycles. The van der Waals surface area contributed by atoms with E-state index in [1.807, 2.05) is 24.8 Å². The molecule has 1 amide bonds. The molecule has 1 aliphatic heterocycles. The minimum absolute atomic E-state index is 0.0552. The Kier molecular flexibility index (Phi) is 4.36. The number of nitrogens with zero attached hydrogens (tertiary/aromatic N) is 4. The van der Waals surface area contributed by atoms with Gasteiger partial charge in [0.25, 0.3) is 11.5 Å². The van der Waals surface area contributed by atoms with Crippen molar-refractivity contribution >= 4 is 22.9 Å². The first-order valence-corrected chi connectivity index (χ1v) is 9.84. The van der Waals surface area contributed by atoms with E-state index in [1.165, 1.54) is 15.9 Å². The maximum Gasteiger partial charge on any atom is 0.276 e. The normalized spacial score (nSPS) is 17.8. The quantitative estimate of drug-likeness (QED) is 0.767. The van der Waals surface area contributed by atoms with Crippen molar-refractivity contribution in [3.05, 3.63) is 50.0 Å². The number of rotatable bonds is 3. The van der Waals surface area contributed by atoms with Gasteiger partial charge >= 0.3 is 0 Å². The van der Waals surface area contributed by atoms with Gasteiger partial charge in [-0.25, -0.2) is 14.5 Å². The van der Waals surface area contributed by atoms with Crippen molar-refractivity contribution in [2.45, 2.75) is 45.6 Å². The van der Waals surface area contributed by atoms with Crippen LogP contribution in [0.4, 0.5) is 0 Å². The molecule has 1 fully saturated rings. The Balaban J connectivity index is 1.76. The van der Waals surface area contributed by atoms with Gasteiger partial charge in [-0.15, -0.1) is 11.3 Å². The predicted molar refractivity (Wildman–Crippen MR) is 99.7 cm³/mol. The zero-order valence-electron chi connectivity index (χ0n) is 14.9. The van der Waals surface area contributed by atoms with Crippen molar-refractivity contribution in [2.75, 3.05) is 6.54 Å². The van der Waals surface area contributed by atoms with Crippen LogP contribution in [0, 0.1) is 6.92 Å². The van der Waals surface area contributed by atoms with Crippen LogP contribution in [0.1, 0.15) is 59.7 Å². The Hall–Kier alpha value is -2.48. The SMILES string of the molecule is CCc1c(C)nc2cc([C@@H]3CCCCN3C(=O)c3cscn3)[nH]n2c1=O. The van der Waals surface area contributed by atoms with Gasteiger partial charge in [0, 0.05) is 29.2 Å². The van der Waals surface area contributed by atoms with E-state index in [0.717, 1.165) is 36.2 Å². The first kappa shape index (κ1) is 17.0. The van der Waals surface area contributed by atoms with Crippen molar-refractivity contribution in [3.8, 4) is 0 Å². The lowest BCUT2D eigenvalue weighted by molar-refractivity contribution is 0.0600. The molecule has 7 nitrogen and oxygen atoms in total. The Morgan fingerprint density at radius 1 is 1.42 bits per heavy atom. The Morgan fingerprint density at radius 3 is 3.00 bits per heavy atom. The topological polar surface area (TPSA) is 83.4 Å². The summed E-state index contributed by atoms with van der Waals surface area (Å²) in [5.74, 6) is -0.0552. The summed E-state index contributed by atoms with van der Waals surface area (Å²) in [5, 5.41) is 4.98. The number of hydrogen-bond donors (Lipinski definition) is 1. The number of aryl methyl sites for hydroxylation is 1. The summed E-state index contributed by atoms with van der Waals surface area (Å²) < 4.78 is 1.50. The van der Waals surface area contributed by atoms with Gasteiger partial charge in [-0.1, -0.05) is 6.92 Å². The molecule has 0 unspecified atom stereocenters. The number of piperidine rings is 1. The lowest BCUT2D eigenvalue weighted by Gasteiger charge is -2.34. The van der Waals surface area contributed by atoms with Crippen molar-refractivity contribution in [1.82, 2.24) is 24.5 Å². The molecule has 4 heterocycles. The molecular weight excluding hydrogens is 350 g/mol. The van der Waals surface area contributed by atoms with Gasteiger partial charge in [-0.2, -0.15) is 0 Å². The van der Waals surface area contributed by atoms with E-state index in [4.69, 9.17) is 0 Å². The third-order valence-corrected chi connectivity index (χ3v) is 5.65. The van der Waals surface area contributed by atoms with Crippen LogP contribution >= 0.6 is 11.3 Å². The molecule has 0 saturated carbocycles. The van der Waals surface area contributed by atoms with Crippen LogP contribution < -0.4 is 5.56 Å². The Morgan fingerprint density at radius 2 is 2.27 bits per heavy atom. The lowest BCUT2D eigenvalue weighted by atomic mass is 9.99. The number of likely N-dealkylation sites (tertiary alicyclic amines) is 1. The van der Waals surface area contributed by atoms with Gasteiger partial charge in [0.05, 0.1) is 17.2 Å². The van der Waals surface area contributed by atoms with Crippen molar-refractivity contribution in [1.29, 1.82) is 0 Å². The molecule has 0 aromatic carbocycles. The highest BCUT2D eigenvalue weighted by molar-refractivity contribution is 7.07. The zero-order chi connectivity index (χ0) is 18.3. The summed E-state index contributed by atoms with van der Waals surface area (Å²) >= 11 is 1.42. The highest BCUT2D eigenvalue weighted by atomic mass is 32.1. The minimum Gasteiger partial charge on any atom is -0.329 e. The third kappa shape index (κ3) is 2.74. The molecular formula is C18H21N5O2S. The van der Waals surface area contributed by atoms with Gasteiger partial charge in [-0.3, -0.25) is 14.7 Å². The summed E-state index contributed by atoms with van der Waals surface area (Å²) in [4.78, 5) is 36.1. The number of thiazole rings is 1. The molecule has 0 aliphatic carbocycles. The summed E-state index contributed by atoms with van der Waals surface area (Å²) in [5.41, 5.74) is 5.04. The number of carbonyl (C=O) groups is 1. The highest BCUT2D eigenvalue weighted by Crippen LogP contribution is 2.31. The molecule has 3 aromatic rings. The second kappa shape index (κ2) is 6.68. The number of nitrogens with one attached hydrogen (secondary N) is 1. The van der Waals surface area contributed by atoms with Crippen LogP contribution in [0.15, 0.2) is 21.8 Å². The number of aromatic amines is 1. The van der Waals surface area contributed by atoms with Crippen LogP contribution in [0.3, 0.4) is 0 Å². The fraction of sp³-hybridized carbons (Fsp3) is 0.444. The van der Waals surface area contributed by atoms with E-state index in [-0.39, 0.29) is 17.5 Å². The number of amides is 1. The fourth-order valence-corrected chi connectivity index (χ4v) is 4.26. The second-order valence-electron chi connectivity index (χ2n) is 6.62. The first-order chi connectivity index (χ1) is 12.6. The van der Waals surface area contributed by atoms with Crippen LogP contribution in [0.25, 0.3) is 5.65 Å². The molecule has 1 aliphatic rings. The predicted octanol–water partition coefficient (Wildman–Crippen LogP) is 2.72. The van der Waals surface area contributed by atoms with Crippen LogP contribution in [-0.2, 0) is 6.42 Å². The summed E-state index contributed by atoms with van der Waals surface area (Å²) in [6.45, 7) is 4.51. The summed E-state index contributed by atoms with van der Waals surface area (Å²) in [6, 6.07) is 1.80. The Bertz CT molecular complexity index is 1000. The number of fused-ring (bicyclic) bond motifs is 1. The summed E-state index contributed by atoms with van der Waals surface area (Å²) in [7, 11) is 0. The van der Waals surface area contributed by atoms with Crippen LogP contribution in [-0.4, -0.2) is 36.9 Å². The zero-order valence-corrected chi connectivity index (χ0v) is 15.7. The van der Waals surface area contributed by atoms with E-state index in [1.54, 1.807) is 10.9 Å².